The zero-order valence-corrected chi connectivity index (χ0v) is 9.63. The van der Waals surface area contributed by atoms with Crippen molar-refractivity contribution in [1.29, 1.82) is 0 Å². The Balaban J connectivity index is 3.32. The third-order valence-corrected chi connectivity index (χ3v) is 2.57. The van der Waals surface area contributed by atoms with Crippen molar-refractivity contribution in [3.8, 4) is 5.75 Å². The van der Waals surface area contributed by atoms with Gasteiger partial charge in [0, 0.05) is 10.6 Å². The number of benzene rings is 1. The standard InChI is InChI=1S/C11H13ClO3/c1-6-4-8(12)10(7(2)11(13)14)9(5-6)15-3/h4-5,7H,1-3H3,(H,13,14). The van der Waals surface area contributed by atoms with Crippen LogP contribution in [0.3, 0.4) is 0 Å². The molecular weight excluding hydrogens is 216 g/mol. The average Bonchev–Trinajstić information content (AvgIpc) is 2.15. The van der Waals surface area contributed by atoms with E-state index in [0.717, 1.165) is 5.56 Å². The Morgan fingerprint density at radius 1 is 1.53 bits per heavy atom. The molecule has 3 nitrogen and oxygen atoms in total. The molecular formula is C11H13ClO3. The van der Waals surface area contributed by atoms with Gasteiger partial charge in [-0.2, -0.15) is 0 Å². The van der Waals surface area contributed by atoms with Crippen molar-refractivity contribution >= 4 is 17.6 Å². The molecule has 1 atom stereocenters. The van der Waals surface area contributed by atoms with Crippen molar-refractivity contribution in [1.82, 2.24) is 0 Å². The predicted octanol–water partition coefficient (Wildman–Crippen LogP) is 2.85. The van der Waals surface area contributed by atoms with Gasteiger partial charge in [0.1, 0.15) is 5.75 Å². The number of rotatable bonds is 3. The van der Waals surface area contributed by atoms with E-state index in [2.05, 4.69) is 0 Å². The third kappa shape index (κ3) is 2.42. The molecule has 0 heterocycles. The first-order valence-electron chi connectivity index (χ1n) is 4.54. The second-order valence-corrected chi connectivity index (χ2v) is 3.83. The van der Waals surface area contributed by atoms with Crippen LogP contribution in [0.5, 0.6) is 5.75 Å². The Hall–Kier alpha value is -1.22. The number of hydrogen-bond acceptors (Lipinski definition) is 2. The lowest BCUT2D eigenvalue weighted by Crippen LogP contribution is -2.09. The van der Waals surface area contributed by atoms with E-state index in [-0.39, 0.29) is 0 Å². The minimum absolute atomic E-state index is 0.432. The number of halogens is 1. The van der Waals surface area contributed by atoms with Crippen molar-refractivity contribution in [3.05, 3.63) is 28.3 Å². The second kappa shape index (κ2) is 4.53. The lowest BCUT2D eigenvalue weighted by molar-refractivity contribution is -0.138. The topological polar surface area (TPSA) is 46.5 Å². The Morgan fingerprint density at radius 2 is 2.13 bits per heavy atom. The molecule has 0 aliphatic carbocycles. The van der Waals surface area contributed by atoms with Gasteiger partial charge in [-0.15, -0.1) is 0 Å². The van der Waals surface area contributed by atoms with Gasteiger partial charge in [0.15, 0.2) is 0 Å². The van der Waals surface area contributed by atoms with Crippen LogP contribution in [0.2, 0.25) is 5.02 Å². The fourth-order valence-corrected chi connectivity index (χ4v) is 1.86. The molecule has 0 amide bonds. The fraction of sp³-hybridized carbons (Fsp3) is 0.364. The minimum Gasteiger partial charge on any atom is -0.496 e. The first-order chi connectivity index (χ1) is 6.97. The molecule has 0 saturated carbocycles. The molecule has 1 aromatic rings. The van der Waals surface area contributed by atoms with Crippen LogP contribution in [0, 0.1) is 6.92 Å². The van der Waals surface area contributed by atoms with Crippen LogP contribution >= 0.6 is 11.6 Å². The van der Waals surface area contributed by atoms with Crippen LogP contribution in [-0.4, -0.2) is 18.2 Å². The summed E-state index contributed by atoms with van der Waals surface area (Å²) < 4.78 is 5.13. The average molecular weight is 229 g/mol. The second-order valence-electron chi connectivity index (χ2n) is 3.42. The first-order valence-corrected chi connectivity index (χ1v) is 4.92. The van der Waals surface area contributed by atoms with Gasteiger partial charge in [0.2, 0.25) is 0 Å². The van der Waals surface area contributed by atoms with Crippen LogP contribution in [-0.2, 0) is 4.79 Å². The van der Waals surface area contributed by atoms with E-state index in [9.17, 15) is 4.79 Å². The molecule has 1 unspecified atom stereocenters. The predicted molar refractivity (Wildman–Crippen MR) is 58.8 cm³/mol. The van der Waals surface area contributed by atoms with Crippen molar-refractivity contribution in [2.45, 2.75) is 19.8 Å². The van der Waals surface area contributed by atoms with Gasteiger partial charge in [-0.25, -0.2) is 0 Å². The highest BCUT2D eigenvalue weighted by Gasteiger charge is 2.21. The number of hydrogen-bond donors (Lipinski definition) is 1. The monoisotopic (exact) mass is 228 g/mol. The number of methoxy groups -OCH3 is 1. The highest BCUT2D eigenvalue weighted by molar-refractivity contribution is 6.32. The van der Waals surface area contributed by atoms with Crippen molar-refractivity contribution in [3.63, 3.8) is 0 Å². The van der Waals surface area contributed by atoms with Gasteiger partial charge in [-0.1, -0.05) is 11.6 Å². The summed E-state index contributed by atoms with van der Waals surface area (Å²) in [4.78, 5) is 10.9. The summed E-state index contributed by atoms with van der Waals surface area (Å²) >= 11 is 6.01. The normalized spacial score (nSPS) is 12.3. The van der Waals surface area contributed by atoms with E-state index in [1.807, 2.05) is 6.92 Å². The summed E-state index contributed by atoms with van der Waals surface area (Å²) in [6.45, 7) is 3.46. The van der Waals surface area contributed by atoms with Crippen molar-refractivity contribution in [2.24, 2.45) is 0 Å². The Morgan fingerprint density at radius 3 is 2.60 bits per heavy atom. The molecule has 0 spiro atoms. The van der Waals surface area contributed by atoms with E-state index in [1.54, 1.807) is 19.1 Å². The number of ether oxygens (including phenoxy) is 1. The van der Waals surface area contributed by atoms with Crippen LogP contribution in [0.1, 0.15) is 24.0 Å². The summed E-state index contributed by atoms with van der Waals surface area (Å²) in [5, 5.41) is 9.37. The molecule has 0 fully saturated rings. The van der Waals surface area contributed by atoms with E-state index >= 15 is 0 Å². The van der Waals surface area contributed by atoms with Crippen LogP contribution in [0.4, 0.5) is 0 Å². The molecule has 0 radical (unpaired) electrons. The lowest BCUT2D eigenvalue weighted by Gasteiger charge is -2.14. The molecule has 4 heteroatoms. The lowest BCUT2D eigenvalue weighted by atomic mass is 9.99. The maximum absolute atomic E-state index is 10.9. The third-order valence-electron chi connectivity index (χ3n) is 2.26. The fourth-order valence-electron chi connectivity index (χ4n) is 1.43. The summed E-state index contributed by atoms with van der Waals surface area (Å²) in [7, 11) is 1.50. The zero-order chi connectivity index (χ0) is 11.6. The molecule has 1 aromatic carbocycles. The molecule has 0 saturated heterocycles. The number of carbonyl (C=O) groups is 1. The number of carboxylic acid groups (broad SMARTS) is 1. The molecule has 0 aromatic heterocycles. The Kier molecular flexibility index (Phi) is 3.58. The smallest absolute Gasteiger partial charge is 0.310 e. The quantitative estimate of drug-likeness (QED) is 0.865. The number of aliphatic carboxylic acids is 1. The molecule has 15 heavy (non-hydrogen) atoms. The molecule has 0 aliphatic heterocycles. The maximum atomic E-state index is 10.9. The van der Waals surface area contributed by atoms with Gasteiger partial charge in [-0.05, 0) is 31.5 Å². The van der Waals surface area contributed by atoms with Gasteiger partial charge < -0.3 is 9.84 Å². The van der Waals surface area contributed by atoms with Gasteiger partial charge in [0.05, 0.1) is 13.0 Å². The van der Waals surface area contributed by atoms with Crippen LogP contribution in [0.15, 0.2) is 12.1 Å². The molecule has 1 rings (SSSR count). The van der Waals surface area contributed by atoms with Crippen molar-refractivity contribution in [2.75, 3.05) is 7.11 Å². The zero-order valence-electron chi connectivity index (χ0n) is 8.87. The van der Waals surface area contributed by atoms with Gasteiger partial charge in [-0.3, -0.25) is 4.79 Å². The van der Waals surface area contributed by atoms with E-state index in [0.29, 0.717) is 16.3 Å². The minimum atomic E-state index is -0.918. The van der Waals surface area contributed by atoms with E-state index in [4.69, 9.17) is 21.4 Å². The Labute approximate surface area is 93.6 Å². The van der Waals surface area contributed by atoms with Crippen molar-refractivity contribution < 1.29 is 14.6 Å². The SMILES string of the molecule is COc1cc(C)cc(Cl)c1C(C)C(=O)O. The summed E-state index contributed by atoms with van der Waals surface area (Å²) in [5.41, 5.74) is 1.47. The van der Waals surface area contributed by atoms with Crippen LogP contribution < -0.4 is 4.74 Å². The summed E-state index contributed by atoms with van der Waals surface area (Å²) in [5.74, 6) is -1.07. The summed E-state index contributed by atoms with van der Waals surface area (Å²) in [6, 6.07) is 3.51. The molecule has 82 valence electrons. The Bertz CT molecular complexity index is 388. The number of carboxylic acids is 1. The van der Waals surface area contributed by atoms with Gasteiger partial charge in [0.25, 0.3) is 0 Å². The molecule has 1 N–H and O–H groups in total. The van der Waals surface area contributed by atoms with Gasteiger partial charge >= 0.3 is 5.97 Å². The molecule has 0 aliphatic rings. The first kappa shape index (κ1) is 11.9. The highest BCUT2D eigenvalue weighted by Crippen LogP contribution is 2.34. The highest BCUT2D eigenvalue weighted by atomic mass is 35.5. The maximum Gasteiger partial charge on any atom is 0.310 e. The van der Waals surface area contributed by atoms with E-state index in [1.165, 1.54) is 7.11 Å². The molecule has 0 bridgehead atoms. The summed E-state index contributed by atoms with van der Waals surface area (Å²) in [6.07, 6.45) is 0. The van der Waals surface area contributed by atoms with Crippen LogP contribution in [0.25, 0.3) is 0 Å². The van der Waals surface area contributed by atoms with E-state index < -0.39 is 11.9 Å². The number of aryl methyl sites for hydroxylation is 1. The largest absolute Gasteiger partial charge is 0.496 e.